The molecule has 0 atom stereocenters. The monoisotopic (exact) mass is 473 g/mol. The van der Waals surface area contributed by atoms with Gasteiger partial charge in [-0.25, -0.2) is 0 Å². The molecular weight excluding hydrogens is 408 g/mol. The van der Waals surface area contributed by atoms with Gasteiger partial charge < -0.3 is 0 Å². The quantitative estimate of drug-likeness (QED) is 0.0720. The highest BCUT2D eigenvalue weighted by Crippen LogP contribution is 2.16. The Bertz CT molecular complexity index is 376. The van der Waals surface area contributed by atoms with Gasteiger partial charge in [0.25, 0.3) is 0 Å². The zero-order valence-electron chi connectivity index (χ0n) is 23.6. The zero-order valence-corrected chi connectivity index (χ0v) is 23.6. The summed E-state index contributed by atoms with van der Waals surface area (Å²) >= 11 is 0. The Morgan fingerprint density at radius 1 is 0.294 bits per heavy atom. The van der Waals surface area contributed by atoms with E-state index in [-0.39, 0.29) is 0 Å². The van der Waals surface area contributed by atoms with E-state index in [1.54, 1.807) is 0 Å². The number of hydrogen-bond donors (Lipinski definition) is 0. The van der Waals surface area contributed by atoms with Crippen LogP contribution >= 0.6 is 0 Å². The molecule has 2 radical (unpaired) electrons. The van der Waals surface area contributed by atoms with Crippen molar-refractivity contribution in [1.82, 2.24) is 0 Å². The fraction of sp³-hybridized carbons (Fsp3) is 0.912. The topological polar surface area (TPSA) is 0 Å². The van der Waals surface area contributed by atoms with E-state index in [0.29, 0.717) is 0 Å². The van der Waals surface area contributed by atoms with E-state index in [4.69, 9.17) is 6.42 Å². The van der Waals surface area contributed by atoms with Gasteiger partial charge in [0.2, 0.25) is 0 Å². The first-order valence-corrected chi connectivity index (χ1v) is 16.1. The predicted molar refractivity (Wildman–Crippen MR) is 156 cm³/mol. The van der Waals surface area contributed by atoms with Gasteiger partial charge >= 0.3 is 0 Å². The SMILES string of the molecule is [C]#CCCCCCCCCCCCCCCCCCCCCCCCCCCCCCCC[CH2]. The van der Waals surface area contributed by atoms with Crippen LogP contribution in [0, 0.1) is 19.3 Å². The van der Waals surface area contributed by atoms with Crippen molar-refractivity contribution in [3.05, 3.63) is 13.3 Å². The molecule has 0 N–H and O–H groups in total. The van der Waals surface area contributed by atoms with E-state index in [0.717, 1.165) is 12.8 Å². The van der Waals surface area contributed by atoms with Gasteiger partial charge in [-0.15, -0.1) is 0 Å². The molecule has 0 rings (SSSR count). The Balaban J connectivity index is 3.00. The van der Waals surface area contributed by atoms with E-state index in [9.17, 15) is 0 Å². The van der Waals surface area contributed by atoms with Crippen LogP contribution in [0.25, 0.3) is 0 Å². The van der Waals surface area contributed by atoms with Crippen LogP contribution in [0.4, 0.5) is 0 Å². The summed E-state index contributed by atoms with van der Waals surface area (Å²) < 4.78 is 0. The average Bonchev–Trinajstić information content (AvgIpc) is 2.85. The van der Waals surface area contributed by atoms with Gasteiger partial charge in [0.1, 0.15) is 0 Å². The van der Waals surface area contributed by atoms with Crippen LogP contribution in [0.5, 0.6) is 0 Å². The van der Waals surface area contributed by atoms with Crippen LogP contribution in [0.15, 0.2) is 0 Å². The van der Waals surface area contributed by atoms with Crippen molar-refractivity contribution >= 4 is 0 Å². The molecule has 0 spiro atoms. The maximum atomic E-state index is 6.90. The molecule has 0 unspecified atom stereocenters. The zero-order chi connectivity index (χ0) is 24.6. The lowest BCUT2D eigenvalue weighted by molar-refractivity contribution is 0.513. The minimum absolute atomic E-state index is 0.860. The van der Waals surface area contributed by atoms with Crippen molar-refractivity contribution < 1.29 is 0 Å². The molecule has 0 aliphatic heterocycles. The first kappa shape index (κ1) is 33.6. The van der Waals surface area contributed by atoms with Gasteiger partial charge in [-0.2, -0.15) is 0 Å². The molecular formula is C34H64. The molecule has 0 heteroatoms. The highest BCUT2D eigenvalue weighted by atomic mass is 14.0. The summed E-state index contributed by atoms with van der Waals surface area (Å²) in [5.74, 6) is 2.49. The summed E-state index contributed by atoms with van der Waals surface area (Å²) in [6, 6.07) is 0. The second-order valence-corrected chi connectivity index (χ2v) is 11.0. The van der Waals surface area contributed by atoms with Crippen LogP contribution < -0.4 is 0 Å². The maximum absolute atomic E-state index is 6.90. The molecule has 200 valence electrons. The summed E-state index contributed by atoms with van der Waals surface area (Å²) in [4.78, 5) is 0. The van der Waals surface area contributed by atoms with Crippen molar-refractivity contribution in [2.24, 2.45) is 0 Å². The summed E-state index contributed by atoms with van der Waals surface area (Å²) in [6.45, 7) is 3.92. The van der Waals surface area contributed by atoms with Crippen molar-refractivity contribution in [2.75, 3.05) is 0 Å². The summed E-state index contributed by atoms with van der Waals surface area (Å²) in [6.07, 6.45) is 50.6. The lowest BCUT2D eigenvalue weighted by Crippen LogP contribution is -1.85. The molecule has 34 heavy (non-hydrogen) atoms. The summed E-state index contributed by atoms with van der Waals surface area (Å²) in [7, 11) is 0. The van der Waals surface area contributed by atoms with Gasteiger partial charge in [-0.3, -0.25) is 0 Å². The average molecular weight is 473 g/mol. The highest BCUT2D eigenvalue weighted by molar-refractivity contribution is 4.74. The van der Waals surface area contributed by atoms with Crippen LogP contribution in [0.2, 0.25) is 0 Å². The molecule has 0 saturated heterocycles. The molecule has 0 saturated carbocycles. The van der Waals surface area contributed by atoms with Gasteiger partial charge in [-0.05, 0) is 12.8 Å². The lowest BCUT2D eigenvalue weighted by Gasteiger charge is -2.04. The second-order valence-electron chi connectivity index (χ2n) is 11.0. The molecule has 0 aromatic rings. The number of rotatable bonds is 30. The summed E-state index contributed by atoms with van der Waals surface area (Å²) in [5, 5.41) is 0. The Morgan fingerprint density at radius 3 is 0.647 bits per heavy atom. The first-order chi connectivity index (χ1) is 16.9. The molecule has 0 heterocycles. The van der Waals surface area contributed by atoms with Gasteiger partial charge in [0.15, 0.2) is 0 Å². The number of unbranched alkanes of at least 4 members (excludes halogenated alkanes) is 30. The first-order valence-electron chi connectivity index (χ1n) is 16.1. The number of hydrogen-bond acceptors (Lipinski definition) is 0. The molecule has 0 aliphatic rings. The molecule has 0 aromatic heterocycles. The lowest BCUT2D eigenvalue weighted by atomic mass is 10.0. The molecule has 0 aromatic carbocycles. The van der Waals surface area contributed by atoms with Crippen molar-refractivity contribution in [2.45, 2.75) is 199 Å². The van der Waals surface area contributed by atoms with Crippen LogP contribution in [0.3, 0.4) is 0 Å². The predicted octanol–water partition coefficient (Wildman–Crippen LogP) is 12.5. The van der Waals surface area contributed by atoms with Crippen LogP contribution in [-0.2, 0) is 0 Å². The Kier molecular flexibility index (Phi) is 32.1. The van der Waals surface area contributed by atoms with Crippen LogP contribution in [-0.4, -0.2) is 0 Å². The second kappa shape index (κ2) is 32.6. The fourth-order valence-electron chi connectivity index (χ4n) is 5.16. The standard InChI is InChI=1S/C34H64/c1-3-5-7-9-11-13-15-17-19-21-23-25-27-29-31-33-34-32-30-28-26-24-22-20-18-16-14-12-10-8-6-4-2/h1,3,5-34H2. The van der Waals surface area contributed by atoms with E-state index in [1.165, 1.54) is 186 Å². The summed E-state index contributed by atoms with van der Waals surface area (Å²) in [5.41, 5.74) is 0. The van der Waals surface area contributed by atoms with E-state index in [2.05, 4.69) is 12.8 Å². The third kappa shape index (κ3) is 31.6. The van der Waals surface area contributed by atoms with Gasteiger partial charge in [0.05, 0.1) is 0 Å². The Morgan fingerprint density at radius 2 is 0.471 bits per heavy atom. The molecule has 0 amide bonds. The maximum Gasteiger partial charge on any atom is 0.00989 e. The smallest absolute Gasteiger partial charge is 0.00989 e. The third-order valence-electron chi connectivity index (χ3n) is 7.55. The minimum atomic E-state index is 0.860. The van der Waals surface area contributed by atoms with E-state index in [1.807, 2.05) is 0 Å². The van der Waals surface area contributed by atoms with Crippen molar-refractivity contribution in [3.8, 4) is 5.92 Å². The van der Waals surface area contributed by atoms with Crippen LogP contribution in [0.1, 0.15) is 199 Å². The largest absolute Gasteiger partial charge is 0.0891 e. The van der Waals surface area contributed by atoms with E-state index >= 15 is 0 Å². The highest BCUT2D eigenvalue weighted by Gasteiger charge is 1.96. The van der Waals surface area contributed by atoms with Crippen molar-refractivity contribution in [1.29, 1.82) is 0 Å². The Labute approximate surface area is 218 Å². The molecule has 0 aliphatic carbocycles. The molecule has 0 bridgehead atoms. The fourth-order valence-corrected chi connectivity index (χ4v) is 5.16. The van der Waals surface area contributed by atoms with Gasteiger partial charge in [0, 0.05) is 6.42 Å². The van der Waals surface area contributed by atoms with Gasteiger partial charge in [-0.1, -0.05) is 199 Å². The van der Waals surface area contributed by atoms with E-state index < -0.39 is 0 Å². The van der Waals surface area contributed by atoms with Crippen molar-refractivity contribution in [3.63, 3.8) is 0 Å². The third-order valence-corrected chi connectivity index (χ3v) is 7.55. The normalized spacial score (nSPS) is 11.2. The Hall–Kier alpha value is -0.440. The minimum Gasteiger partial charge on any atom is -0.0891 e. The molecule has 0 fully saturated rings. The molecule has 0 nitrogen and oxygen atoms in total.